The summed E-state index contributed by atoms with van der Waals surface area (Å²) in [5, 5.41) is 10.2. The Bertz CT molecular complexity index is 825. The van der Waals surface area contributed by atoms with Crippen molar-refractivity contribution in [3.05, 3.63) is 48.3 Å². The molecule has 1 aliphatic heterocycles. The van der Waals surface area contributed by atoms with E-state index in [0.29, 0.717) is 19.5 Å². The number of piperazine rings is 1. The van der Waals surface area contributed by atoms with E-state index in [1.54, 1.807) is 0 Å². The molecule has 156 valence electrons. The van der Waals surface area contributed by atoms with Crippen LogP contribution < -0.4 is 10.6 Å². The highest BCUT2D eigenvalue weighted by molar-refractivity contribution is 5.88. The maximum absolute atomic E-state index is 12.4. The van der Waals surface area contributed by atoms with Gasteiger partial charge in [0.2, 0.25) is 11.8 Å². The van der Waals surface area contributed by atoms with Crippen molar-refractivity contribution in [2.45, 2.75) is 39.7 Å². The quantitative estimate of drug-likeness (QED) is 0.746. The van der Waals surface area contributed by atoms with Gasteiger partial charge in [-0.3, -0.25) is 14.5 Å². The molecule has 1 fully saturated rings. The van der Waals surface area contributed by atoms with Crippen LogP contribution in [0.15, 0.2) is 42.7 Å². The number of carbonyl (C=O) groups excluding carboxylic acids is 2. The van der Waals surface area contributed by atoms with Crippen LogP contribution >= 0.6 is 0 Å². The highest BCUT2D eigenvalue weighted by Crippen LogP contribution is 2.19. The van der Waals surface area contributed by atoms with Crippen LogP contribution in [0.25, 0.3) is 5.69 Å². The molecule has 2 N–H and O–H groups in total. The molecule has 2 amide bonds. The predicted octanol–water partition coefficient (Wildman–Crippen LogP) is 1.77. The first kappa shape index (κ1) is 21.0. The van der Waals surface area contributed by atoms with Crippen molar-refractivity contribution in [1.82, 2.24) is 25.3 Å². The van der Waals surface area contributed by atoms with Gasteiger partial charge in [0.15, 0.2) is 0 Å². The van der Waals surface area contributed by atoms with Gasteiger partial charge in [-0.2, -0.15) is 5.10 Å². The second kappa shape index (κ2) is 9.22. The molecule has 2 aromatic rings. The fraction of sp³-hybridized carbons (Fsp3) is 0.500. The summed E-state index contributed by atoms with van der Waals surface area (Å²) in [6, 6.07) is 9.51. The Kier molecular flexibility index (Phi) is 6.69. The summed E-state index contributed by atoms with van der Waals surface area (Å²) in [5.41, 5.74) is 2.13. The van der Waals surface area contributed by atoms with E-state index in [1.807, 2.05) is 47.4 Å². The Morgan fingerprint density at radius 2 is 2.03 bits per heavy atom. The van der Waals surface area contributed by atoms with E-state index >= 15 is 0 Å². The smallest absolute Gasteiger partial charge is 0.237 e. The molecule has 1 atom stereocenters. The molecule has 1 aromatic carbocycles. The second-order valence-electron chi connectivity index (χ2n) is 8.77. The third-order valence-corrected chi connectivity index (χ3v) is 4.89. The Labute approximate surface area is 172 Å². The molecule has 1 unspecified atom stereocenters. The molecule has 29 heavy (non-hydrogen) atoms. The topological polar surface area (TPSA) is 79.3 Å². The van der Waals surface area contributed by atoms with E-state index in [4.69, 9.17) is 0 Å². The van der Waals surface area contributed by atoms with Gasteiger partial charge in [-0.05, 0) is 29.5 Å². The van der Waals surface area contributed by atoms with Gasteiger partial charge in [0.1, 0.15) is 0 Å². The van der Waals surface area contributed by atoms with Crippen LogP contribution in [0.4, 0.5) is 0 Å². The highest BCUT2D eigenvalue weighted by Gasteiger charge is 2.33. The Balaban J connectivity index is 1.49. The summed E-state index contributed by atoms with van der Waals surface area (Å²) in [4.78, 5) is 26.9. The molecule has 1 saturated heterocycles. The monoisotopic (exact) mass is 397 g/mol. The largest absolute Gasteiger partial charge is 0.356 e. The molecule has 0 bridgehead atoms. The first-order valence-electron chi connectivity index (χ1n) is 10.2. The van der Waals surface area contributed by atoms with Crippen molar-refractivity contribution in [3.63, 3.8) is 0 Å². The summed E-state index contributed by atoms with van der Waals surface area (Å²) in [7, 11) is 0. The zero-order chi connectivity index (χ0) is 20.9. The first-order chi connectivity index (χ1) is 13.8. The van der Waals surface area contributed by atoms with Crippen LogP contribution in [0.2, 0.25) is 0 Å². The number of benzene rings is 1. The van der Waals surface area contributed by atoms with Crippen LogP contribution in [0.1, 0.15) is 32.8 Å². The summed E-state index contributed by atoms with van der Waals surface area (Å²) in [6.07, 6.45) is 4.67. The van der Waals surface area contributed by atoms with Gasteiger partial charge in [-0.1, -0.05) is 39.0 Å². The van der Waals surface area contributed by atoms with Crippen LogP contribution in [0, 0.1) is 5.41 Å². The number of rotatable bonds is 7. The summed E-state index contributed by atoms with van der Waals surface area (Å²) in [6.45, 7) is 9.16. The van der Waals surface area contributed by atoms with Crippen molar-refractivity contribution in [2.24, 2.45) is 5.41 Å². The molecule has 3 rings (SSSR count). The van der Waals surface area contributed by atoms with Gasteiger partial charge in [0.25, 0.3) is 0 Å². The zero-order valence-corrected chi connectivity index (χ0v) is 17.5. The summed E-state index contributed by atoms with van der Waals surface area (Å²) >= 11 is 0. The normalized spacial score (nSPS) is 17.8. The lowest BCUT2D eigenvalue weighted by atomic mass is 9.94. The minimum atomic E-state index is -0.399. The lowest BCUT2D eigenvalue weighted by Crippen LogP contribution is -2.58. The third-order valence-electron chi connectivity index (χ3n) is 4.89. The summed E-state index contributed by atoms with van der Waals surface area (Å²) < 4.78 is 1.83. The second-order valence-corrected chi connectivity index (χ2v) is 8.77. The van der Waals surface area contributed by atoms with E-state index in [1.165, 1.54) is 0 Å². The van der Waals surface area contributed by atoms with Crippen LogP contribution in [0.3, 0.4) is 0 Å². The molecular formula is C22H31N5O2. The van der Waals surface area contributed by atoms with Crippen molar-refractivity contribution >= 4 is 11.8 Å². The number of aromatic nitrogens is 2. The Morgan fingerprint density at radius 3 is 2.76 bits per heavy atom. The maximum atomic E-state index is 12.4. The molecule has 0 spiro atoms. The molecule has 2 heterocycles. The van der Waals surface area contributed by atoms with Gasteiger partial charge < -0.3 is 10.6 Å². The van der Waals surface area contributed by atoms with Crippen molar-refractivity contribution in [1.29, 1.82) is 0 Å². The third kappa shape index (κ3) is 6.15. The standard InChI is InChI=1S/C22H31N5O2/c1-22(2,3)16-26-12-11-24-21(29)19(26)13-20(28)23-10-9-17-14-25-27(15-17)18-7-5-4-6-8-18/h4-8,14-15,19H,9-13,16H2,1-3H3,(H,23,28)(H,24,29). The van der Waals surface area contributed by atoms with Gasteiger partial charge in [0, 0.05) is 32.4 Å². The van der Waals surface area contributed by atoms with E-state index in [2.05, 4.69) is 41.4 Å². The fourth-order valence-electron chi connectivity index (χ4n) is 3.59. The number of carbonyl (C=O) groups is 2. The van der Waals surface area contributed by atoms with E-state index in [0.717, 1.165) is 24.3 Å². The number of para-hydroxylation sites is 1. The SMILES string of the molecule is CC(C)(C)CN1CCNC(=O)C1CC(=O)NCCc1cnn(-c2ccccc2)c1. The van der Waals surface area contributed by atoms with Crippen LogP contribution in [-0.4, -0.2) is 58.7 Å². The minimum Gasteiger partial charge on any atom is -0.356 e. The van der Waals surface area contributed by atoms with Crippen LogP contribution in [0.5, 0.6) is 0 Å². The average molecular weight is 398 g/mol. The number of nitrogens with zero attached hydrogens (tertiary/aromatic N) is 3. The minimum absolute atomic E-state index is 0.0558. The first-order valence-corrected chi connectivity index (χ1v) is 10.2. The Morgan fingerprint density at radius 1 is 1.28 bits per heavy atom. The van der Waals surface area contributed by atoms with E-state index in [9.17, 15) is 9.59 Å². The summed E-state index contributed by atoms with van der Waals surface area (Å²) in [5.74, 6) is -0.152. The number of nitrogens with one attached hydrogen (secondary N) is 2. The maximum Gasteiger partial charge on any atom is 0.237 e. The lowest BCUT2D eigenvalue weighted by Gasteiger charge is -2.38. The molecule has 0 aliphatic carbocycles. The van der Waals surface area contributed by atoms with Gasteiger partial charge in [-0.25, -0.2) is 4.68 Å². The molecule has 7 heteroatoms. The lowest BCUT2D eigenvalue weighted by molar-refractivity contribution is -0.134. The van der Waals surface area contributed by atoms with E-state index < -0.39 is 6.04 Å². The molecule has 0 saturated carbocycles. The predicted molar refractivity (Wildman–Crippen MR) is 113 cm³/mol. The van der Waals surface area contributed by atoms with E-state index in [-0.39, 0.29) is 23.7 Å². The zero-order valence-electron chi connectivity index (χ0n) is 17.5. The number of hydrogen-bond acceptors (Lipinski definition) is 4. The molecule has 1 aliphatic rings. The molecule has 0 radical (unpaired) electrons. The van der Waals surface area contributed by atoms with Crippen LogP contribution in [-0.2, 0) is 16.0 Å². The highest BCUT2D eigenvalue weighted by atomic mass is 16.2. The molecule has 7 nitrogen and oxygen atoms in total. The van der Waals surface area contributed by atoms with Gasteiger partial charge >= 0.3 is 0 Å². The Hall–Kier alpha value is -2.67. The fourth-order valence-corrected chi connectivity index (χ4v) is 3.59. The molecule has 1 aromatic heterocycles. The average Bonchev–Trinajstić information content (AvgIpc) is 3.13. The van der Waals surface area contributed by atoms with Crippen molar-refractivity contribution < 1.29 is 9.59 Å². The number of amides is 2. The van der Waals surface area contributed by atoms with Crippen molar-refractivity contribution in [2.75, 3.05) is 26.2 Å². The molecular weight excluding hydrogens is 366 g/mol. The van der Waals surface area contributed by atoms with Gasteiger partial charge in [-0.15, -0.1) is 0 Å². The van der Waals surface area contributed by atoms with Gasteiger partial charge in [0.05, 0.1) is 24.3 Å². The number of hydrogen-bond donors (Lipinski definition) is 2. The van der Waals surface area contributed by atoms with Crippen molar-refractivity contribution in [3.8, 4) is 5.69 Å².